The lowest BCUT2D eigenvalue weighted by atomic mass is 10.1. The van der Waals surface area contributed by atoms with Gasteiger partial charge in [0.2, 0.25) is 0 Å². The summed E-state index contributed by atoms with van der Waals surface area (Å²) in [5, 5.41) is 0. The van der Waals surface area contributed by atoms with Crippen LogP contribution in [0.5, 0.6) is 11.5 Å². The predicted octanol–water partition coefficient (Wildman–Crippen LogP) is 4.21. The highest BCUT2D eigenvalue weighted by molar-refractivity contribution is 5.64. The number of benzene rings is 2. The maximum Gasteiger partial charge on any atom is 0.330 e. The number of methoxy groups -OCH3 is 2. The zero-order valence-electron chi connectivity index (χ0n) is 19.0. The molecule has 0 bridgehead atoms. The second kappa shape index (κ2) is 9.08. The van der Waals surface area contributed by atoms with Crippen molar-refractivity contribution < 1.29 is 9.47 Å². The molecule has 0 aliphatic heterocycles. The summed E-state index contributed by atoms with van der Waals surface area (Å²) < 4.78 is 14.0. The highest BCUT2D eigenvalue weighted by atomic mass is 16.5. The quantitative estimate of drug-likeness (QED) is 0.562. The van der Waals surface area contributed by atoms with E-state index in [1.807, 2.05) is 38.1 Å². The minimum atomic E-state index is -0.173. The third-order valence-electron chi connectivity index (χ3n) is 5.27. The molecule has 0 aliphatic carbocycles. The third kappa shape index (κ3) is 4.33. The molecule has 0 radical (unpaired) electrons. The number of nitrogens with zero attached hydrogens (tertiary/aromatic N) is 3. The minimum absolute atomic E-state index is 0.173. The van der Waals surface area contributed by atoms with Gasteiger partial charge in [-0.2, -0.15) is 0 Å². The largest absolute Gasteiger partial charge is 0.493 e. The second-order valence-electron chi connectivity index (χ2n) is 7.56. The van der Waals surface area contributed by atoms with Crippen LogP contribution < -0.4 is 20.7 Å². The zero-order valence-corrected chi connectivity index (χ0v) is 19.0. The van der Waals surface area contributed by atoms with E-state index in [1.54, 1.807) is 36.5 Å². The molecule has 31 heavy (non-hydrogen) atoms. The fourth-order valence-electron chi connectivity index (χ4n) is 3.79. The smallest absolute Gasteiger partial charge is 0.330 e. The molecule has 0 amide bonds. The lowest BCUT2D eigenvalue weighted by Crippen LogP contribution is -2.38. The van der Waals surface area contributed by atoms with Gasteiger partial charge >= 0.3 is 5.69 Å². The topological polar surface area (TPSA) is 57.8 Å². The van der Waals surface area contributed by atoms with Gasteiger partial charge in [-0.25, -0.2) is 9.79 Å². The monoisotopic (exact) mass is 419 g/mol. The first-order valence-corrected chi connectivity index (χ1v) is 10.1. The van der Waals surface area contributed by atoms with E-state index in [0.29, 0.717) is 23.5 Å². The lowest BCUT2D eigenvalue weighted by molar-refractivity contribution is 0.355. The second-order valence-corrected chi connectivity index (χ2v) is 7.56. The van der Waals surface area contributed by atoms with E-state index in [4.69, 9.17) is 14.5 Å². The van der Waals surface area contributed by atoms with Crippen LogP contribution in [-0.4, -0.2) is 23.4 Å². The first kappa shape index (κ1) is 22.2. The molecular weight excluding hydrogens is 390 g/mol. The third-order valence-corrected chi connectivity index (χ3v) is 5.27. The van der Waals surface area contributed by atoms with E-state index < -0.39 is 0 Å². The van der Waals surface area contributed by atoms with E-state index in [2.05, 4.69) is 25.6 Å². The van der Waals surface area contributed by atoms with E-state index in [0.717, 1.165) is 28.1 Å². The van der Waals surface area contributed by atoms with E-state index in [1.165, 1.54) is 5.56 Å². The molecule has 0 saturated heterocycles. The molecule has 2 aromatic carbocycles. The average Bonchev–Trinajstić information content (AvgIpc) is 2.74. The summed E-state index contributed by atoms with van der Waals surface area (Å²) in [6, 6.07) is 11.7. The highest BCUT2D eigenvalue weighted by Gasteiger charge is 2.13. The predicted molar refractivity (Wildman–Crippen MR) is 124 cm³/mol. The summed E-state index contributed by atoms with van der Waals surface area (Å²) in [6.45, 7) is 10.3. The van der Waals surface area contributed by atoms with Gasteiger partial charge in [-0.15, -0.1) is 6.58 Å². The standard InChI is InChI=1S/C25H29N3O3/c1-8-11-28-20(19-9-10-21(30-6)22(14-19)31-7)15-23(27(5)25(28)29)26-24-17(3)12-16(2)13-18(24)4/h8-10,12-15H,1,11H2,2-7H3/b26-23-. The summed E-state index contributed by atoms with van der Waals surface area (Å²) in [5.74, 6) is 1.22. The summed E-state index contributed by atoms with van der Waals surface area (Å²) in [6.07, 6.45) is 1.71. The SMILES string of the molecule is C=CCn1c(-c2ccc(OC)c(OC)c2)c/c(=N/c2c(C)cc(C)cc2C)n(C)c1=O. The summed E-state index contributed by atoms with van der Waals surface area (Å²) >= 11 is 0. The van der Waals surface area contributed by atoms with Crippen molar-refractivity contribution in [1.82, 2.24) is 9.13 Å². The minimum Gasteiger partial charge on any atom is -0.493 e. The van der Waals surface area contributed by atoms with Gasteiger partial charge in [0.25, 0.3) is 0 Å². The van der Waals surface area contributed by atoms with Gasteiger partial charge in [0, 0.05) is 25.2 Å². The number of rotatable bonds is 6. The van der Waals surface area contributed by atoms with Crippen molar-refractivity contribution in [1.29, 1.82) is 0 Å². The summed E-state index contributed by atoms with van der Waals surface area (Å²) in [4.78, 5) is 18.1. The van der Waals surface area contributed by atoms with Gasteiger partial charge in [0.1, 0.15) is 5.49 Å². The molecular formula is C25H29N3O3. The van der Waals surface area contributed by atoms with Crippen molar-refractivity contribution in [2.24, 2.45) is 12.0 Å². The first-order chi connectivity index (χ1) is 14.8. The normalized spacial score (nSPS) is 11.5. The van der Waals surface area contributed by atoms with Crippen molar-refractivity contribution in [3.8, 4) is 22.8 Å². The average molecular weight is 420 g/mol. The Morgan fingerprint density at radius 3 is 2.23 bits per heavy atom. The Hall–Kier alpha value is -3.54. The highest BCUT2D eigenvalue weighted by Crippen LogP contribution is 2.32. The Kier molecular flexibility index (Phi) is 6.49. The van der Waals surface area contributed by atoms with Crippen LogP contribution in [0, 0.1) is 20.8 Å². The molecule has 162 valence electrons. The maximum atomic E-state index is 13.2. The van der Waals surface area contributed by atoms with E-state index in [-0.39, 0.29) is 5.69 Å². The fourth-order valence-corrected chi connectivity index (χ4v) is 3.79. The molecule has 3 aromatic rings. The zero-order chi connectivity index (χ0) is 22.7. The lowest BCUT2D eigenvalue weighted by Gasteiger charge is -2.16. The molecule has 0 saturated carbocycles. The maximum absolute atomic E-state index is 13.2. The van der Waals surface area contributed by atoms with E-state index >= 15 is 0 Å². The molecule has 0 fully saturated rings. The van der Waals surface area contributed by atoms with Gasteiger partial charge < -0.3 is 9.47 Å². The molecule has 0 aliphatic rings. The van der Waals surface area contributed by atoms with Crippen LogP contribution >= 0.6 is 0 Å². The molecule has 6 nitrogen and oxygen atoms in total. The Bertz CT molecular complexity index is 1240. The van der Waals surface area contributed by atoms with Crippen molar-refractivity contribution in [3.05, 3.63) is 81.7 Å². The molecule has 0 unspecified atom stereocenters. The summed E-state index contributed by atoms with van der Waals surface area (Å²) in [7, 11) is 4.92. The van der Waals surface area contributed by atoms with Gasteiger partial charge in [-0.3, -0.25) is 9.13 Å². The van der Waals surface area contributed by atoms with Gasteiger partial charge in [-0.1, -0.05) is 23.8 Å². The molecule has 0 spiro atoms. The van der Waals surface area contributed by atoms with Crippen LogP contribution in [0.3, 0.4) is 0 Å². The van der Waals surface area contributed by atoms with Crippen LogP contribution in [0.1, 0.15) is 16.7 Å². The number of allylic oxidation sites excluding steroid dienone is 1. The van der Waals surface area contributed by atoms with Crippen LogP contribution in [0.25, 0.3) is 11.3 Å². The van der Waals surface area contributed by atoms with Crippen LogP contribution in [-0.2, 0) is 13.6 Å². The van der Waals surface area contributed by atoms with Crippen LogP contribution in [0.4, 0.5) is 5.69 Å². The number of hydrogen-bond donors (Lipinski definition) is 0. The Morgan fingerprint density at radius 1 is 1.00 bits per heavy atom. The first-order valence-electron chi connectivity index (χ1n) is 10.1. The molecule has 6 heteroatoms. The Morgan fingerprint density at radius 2 is 1.65 bits per heavy atom. The molecule has 1 aromatic heterocycles. The Balaban J connectivity index is 2.34. The van der Waals surface area contributed by atoms with Crippen LogP contribution in [0.15, 0.2) is 58.8 Å². The van der Waals surface area contributed by atoms with E-state index in [9.17, 15) is 4.79 Å². The van der Waals surface area contributed by atoms with Gasteiger partial charge in [0.05, 0.1) is 25.6 Å². The van der Waals surface area contributed by atoms with Crippen molar-refractivity contribution in [2.45, 2.75) is 27.3 Å². The van der Waals surface area contributed by atoms with Crippen molar-refractivity contribution >= 4 is 5.69 Å². The molecule has 0 N–H and O–H groups in total. The number of aromatic nitrogens is 2. The van der Waals surface area contributed by atoms with Gasteiger partial charge in [0.15, 0.2) is 11.5 Å². The molecule has 1 heterocycles. The fraction of sp³-hybridized carbons (Fsp3) is 0.280. The van der Waals surface area contributed by atoms with Crippen molar-refractivity contribution in [2.75, 3.05) is 14.2 Å². The van der Waals surface area contributed by atoms with Gasteiger partial charge in [-0.05, 0) is 50.1 Å². The number of aryl methyl sites for hydroxylation is 3. The number of hydrogen-bond acceptors (Lipinski definition) is 4. The summed E-state index contributed by atoms with van der Waals surface area (Å²) in [5.41, 5.74) is 6.15. The molecule has 0 atom stereocenters. The van der Waals surface area contributed by atoms with Crippen molar-refractivity contribution in [3.63, 3.8) is 0 Å². The Labute approximate surface area is 182 Å². The molecule has 3 rings (SSSR count). The van der Waals surface area contributed by atoms with Crippen LogP contribution in [0.2, 0.25) is 0 Å². The number of ether oxygens (including phenoxy) is 2.